The fourth-order valence-electron chi connectivity index (χ4n) is 3.00. The minimum atomic E-state index is -0.800. The summed E-state index contributed by atoms with van der Waals surface area (Å²) in [6, 6.07) is 15.8. The van der Waals surface area contributed by atoms with Crippen molar-refractivity contribution in [2.45, 2.75) is 45.3 Å². The van der Waals surface area contributed by atoms with Crippen LogP contribution in [0.1, 0.15) is 30.9 Å². The first-order valence-corrected chi connectivity index (χ1v) is 8.93. The van der Waals surface area contributed by atoms with Gasteiger partial charge in [-0.25, -0.2) is 0 Å². The number of rotatable bonds is 6. The number of ether oxygens (including phenoxy) is 1. The van der Waals surface area contributed by atoms with Crippen molar-refractivity contribution in [3.05, 3.63) is 59.7 Å². The molecule has 2 aromatic carbocycles. The smallest absolute Gasteiger partial charge is 0.266 e. The van der Waals surface area contributed by atoms with Crippen LogP contribution in [0.4, 0.5) is 5.69 Å². The van der Waals surface area contributed by atoms with Crippen LogP contribution in [0.15, 0.2) is 48.5 Å². The van der Waals surface area contributed by atoms with Gasteiger partial charge in [-0.05, 0) is 49.9 Å². The number of anilines is 1. The van der Waals surface area contributed by atoms with Crippen LogP contribution in [0, 0.1) is 6.92 Å². The number of hydrogen-bond donors (Lipinski definition) is 2. The molecule has 3 rings (SSSR count). The largest absolute Gasteiger partial charge is 0.478 e. The Morgan fingerprint density at radius 2 is 2.00 bits per heavy atom. The minimum absolute atomic E-state index is 0.00876. The SMILES string of the molecule is Cc1ccc2c(c1)NC(=O)[C@@H](CC(=O)N[C@@H](C)CCc1ccccc1)O2. The van der Waals surface area contributed by atoms with Crippen LogP contribution in [0.25, 0.3) is 0 Å². The summed E-state index contributed by atoms with van der Waals surface area (Å²) in [5.41, 5.74) is 2.94. The zero-order valence-electron chi connectivity index (χ0n) is 15.1. The van der Waals surface area contributed by atoms with E-state index in [4.69, 9.17) is 4.74 Å². The number of fused-ring (bicyclic) bond motifs is 1. The molecular formula is C21H24N2O3. The van der Waals surface area contributed by atoms with Crippen molar-refractivity contribution in [1.82, 2.24) is 5.32 Å². The number of aryl methyl sites for hydroxylation is 2. The van der Waals surface area contributed by atoms with Crippen molar-refractivity contribution in [2.24, 2.45) is 0 Å². The lowest BCUT2D eigenvalue weighted by molar-refractivity contribution is -0.130. The fraction of sp³-hybridized carbons (Fsp3) is 0.333. The molecular weight excluding hydrogens is 328 g/mol. The molecule has 0 unspecified atom stereocenters. The Morgan fingerprint density at radius 1 is 1.23 bits per heavy atom. The van der Waals surface area contributed by atoms with Crippen molar-refractivity contribution in [1.29, 1.82) is 0 Å². The molecule has 136 valence electrons. The fourth-order valence-corrected chi connectivity index (χ4v) is 3.00. The molecule has 0 aliphatic carbocycles. The highest BCUT2D eigenvalue weighted by atomic mass is 16.5. The molecule has 0 aromatic heterocycles. The Kier molecular flexibility index (Phi) is 5.56. The van der Waals surface area contributed by atoms with Gasteiger partial charge in [0, 0.05) is 6.04 Å². The summed E-state index contributed by atoms with van der Waals surface area (Å²) >= 11 is 0. The molecule has 26 heavy (non-hydrogen) atoms. The van der Waals surface area contributed by atoms with Gasteiger partial charge in [0.15, 0.2) is 6.10 Å². The summed E-state index contributed by atoms with van der Waals surface area (Å²) < 4.78 is 5.71. The molecule has 0 spiro atoms. The summed E-state index contributed by atoms with van der Waals surface area (Å²) in [5.74, 6) is 0.140. The van der Waals surface area contributed by atoms with E-state index in [1.54, 1.807) is 0 Å². The van der Waals surface area contributed by atoms with Gasteiger partial charge in [0.1, 0.15) is 5.75 Å². The van der Waals surface area contributed by atoms with Crippen molar-refractivity contribution in [3.8, 4) is 5.75 Å². The van der Waals surface area contributed by atoms with Gasteiger partial charge in [-0.1, -0.05) is 36.4 Å². The van der Waals surface area contributed by atoms with Crippen molar-refractivity contribution in [3.63, 3.8) is 0 Å². The summed E-state index contributed by atoms with van der Waals surface area (Å²) in [5, 5.41) is 5.76. The van der Waals surface area contributed by atoms with Gasteiger partial charge in [-0.15, -0.1) is 0 Å². The second kappa shape index (κ2) is 8.04. The van der Waals surface area contributed by atoms with Crippen LogP contribution in [0.5, 0.6) is 5.75 Å². The summed E-state index contributed by atoms with van der Waals surface area (Å²) in [6.07, 6.45) is 0.950. The van der Waals surface area contributed by atoms with Gasteiger partial charge < -0.3 is 15.4 Å². The van der Waals surface area contributed by atoms with E-state index in [-0.39, 0.29) is 24.3 Å². The van der Waals surface area contributed by atoms with Crippen LogP contribution in [0.3, 0.4) is 0 Å². The Labute approximate surface area is 153 Å². The maximum Gasteiger partial charge on any atom is 0.266 e. The van der Waals surface area contributed by atoms with E-state index in [1.165, 1.54) is 5.56 Å². The molecule has 1 aliphatic rings. The zero-order chi connectivity index (χ0) is 18.5. The van der Waals surface area contributed by atoms with E-state index in [2.05, 4.69) is 22.8 Å². The molecule has 5 heteroatoms. The number of amides is 2. The number of benzene rings is 2. The summed E-state index contributed by atoms with van der Waals surface area (Å²) in [7, 11) is 0. The second-order valence-electron chi connectivity index (χ2n) is 6.79. The van der Waals surface area contributed by atoms with E-state index in [0.717, 1.165) is 18.4 Å². The van der Waals surface area contributed by atoms with Gasteiger partial charge in [-0.2, -0.15) is 0 Å². The minimum Gasteiger partial charge on any atom is -0.478 e. The first-order valence-electron chi connectivity index (χ1n) is 8.93. The number of carbonyl (C=O) groups excluding carboxylic acids is 2. The van der Waals surface area contributed by atoms with Crippen molar-refractivity contribution >= 4 is 17.5 Å². The molecule has 2 N–H and O–H groups in total. The molecule has 2 amide bonds. The highest BCUT2D eigenvalue weighted by molar-refractivity contribution is 6.00. The first kappa shape index (κ1) is 18.0. The lowest BCUT2D eigenvalue weighted by Gasteiger charge is -2.26. The number of hydrogen-bond acceptors (Lipinski definition) is 3. The van der Waals surface area contributed by atoms with Gasteiger partial charge in [0.2, 0.25) is 5.91 Å². The van der Waals surface area contributed by atoms with Crippen LogP contribution >= 0.6 is 0 Å². The number of nitrogens with one attached hydrogen (secondary N) is 2. The third-order valence-electron chi connectivity index (χ3n) is 4.44. The Morgan fingerprint density at radius 3 is 2.77 bits per heavy atom. The molecule has 0 saturated heterocycles. The summed E-state index contributed by atoms with van der Waals surface area (Å²) in [4.78, 5) is 24.5. The lowest BCUT2D eigenvalue weighted by atomic mass is 10.1. The highest BCUT2D eigenvalue weighted by Crippen LogP contribution is 2.31. The first-order chi connectivity index (χ1) is 12.5. The topological polar surface area (TPSA) is 67.4 Å². The van der Waals surface area contributed by atoms with Crippen molar-refractivity contribution in [2.75, 3.05) is 5.32 Å². The van der Waals surface area contributed by atoms with Gasteiger partial charge in [0.25, 0.3) is 5.91 Å². The standard InChI is InChI=1S/C21H24N2O3/c1-14-8-11-18-17(12-14)23-21(25)19(26-18)13-20(24)22-15(2)9-10-16-6-4-3-5-7-16/h3-8,11-12,15,19H,9-10,13H2,1-2H3,(H,22,24)(H,23,25)/t15-,19+/m0/s1. The molecule has 0 bridgehead atoms. The number of carbonyl (C=O) groups is 2. The molecule has 2 aromatic rings. The summed E-state index contributed by atoms with van der Waals surface area (Å²) in [6.45, 7) is 3.92. The average Bonchev–Trinajstić information content (AvgIpc) is 2.61. The lowest BCUT2D eigenvalue weighted by Crippen LogP contribution is -2.42. The Balaban J connectivity index is 1.50. The predicted octanol–water partition coefficient (Wildman–Crippen LogP) is 3.22. The van der Waals surface area contributed by atoms with Crippen LogP contribution < -0.4 is 15.4 Å². The predicted molar refractivity (Wildman–Crippen MR) is 101 cm³/mol. The second-order valence-corrected chi connectivity index (χ2v) is 6.79. The van der Waals surface area contributed by atoms with Gasteiger partial charge in [0.05, 0.1) is 12.1 Å². The third-order valence-corrected chi connectivity index (χ3v) is 4.44. The van der Waals surface area contributed by atoms with E-state index >= 15 is 0 Å². The Bertz CT molecular complexity index is 789. The maximum atomic E-state index is 12.3. The van der Waals surface area contributed by atoms with Crippen LogP contribution in [0.2, 0.25) is 0 Å². The monoisotopic (exact) mass is 352 g/mol. The van der Waals surface area contributed by atoms with Crippen LogP contribution in [-0.2, 0) is 16.0 Å². The molecule has 1 heterocycles. The highest BCUT2D eigenvalue weighted by Gasteiger charge is 2.30. The van der Waals surface area contributed by atoms with Gasteiger partial charge >= 0.3 is 0 Å². The van der Waals surface area contributed by atoms with E-state index in [1.807, 2.05) is 50.2 Å². The van der Waals surface area contributed by atoms with E-state index < -0.39 is 6.10 Å². The zero-order valence-corrected chi connectivity index (χ0v) is 15.1. The maximum absolute atomic E-state index is 12.3. The normalized spacial score (nSPS) is 16.8. The third kappa shape index (κ3) is 4.63. The quantitative estimate of drug-likeness (QED) is 0.839. The average molecular weight is 352 g/mol. The molecule has 1 aliphatic heterocycles. The molecule has 5 nitrogen and oxygen atoms in total. The molecule has 0 saturated carbocycles. The van der Waals surface area contributed by atoms with Gasteiger partial charge in [-0.3, -0.25) is 9.59 Å². The van der Waals surface area contributed by atoms with E-state index in [9.17, 15) is 9.59 Å². The van der Waals surface area contributed by atoms with E-state index in [0.29, 0.717) is 11.4 Å². The Hall–Kier alpha value is -2.82. The molecule has 0 radical (unpaired) electrons. The van der Waals surface area contributed by atoms with Crippen LogP contribution in [-0.4, -0.2) is 24.0 Å². The molecule has 2 atom stereocenters. The van der Waals surface area contributed by atoms with Crippen molar-refractivity contribution < 1.29 is 14.3 Å². The molecule has 0 fully saturated rings.